The number of carbonyl (C=O) groups is 3. The number of methoxy groups -OCH3 is 2. The third-order valence-corrected chi connectivity index (χ3v) is 16.8. The molecule has 2 bridgehead atoms. The zero-order valence-corrected chi connectivity index (χ0v) is 42.6. The Kier molecular flexibility index (Phi) is 14.2. The predicted octanol–water partition coefficient (Wildman–Crippen LogP) is 6.33. The molecular formula is C56H64F2N10O7. The molecule has 4 amide bonds. The van der Waals surface area contributed by atoms with Gasteiger partial charge in [0.25, 0.3) is 5.91 Å². The van der Waals surface area contributed by atoms with Crippen LogP contribution in [0, 0.1) is 35.3 Å². The third kappa shape index (κ3) is 10.2. The highest BCUT2D eigenvalue weighted by Crippen LogP contribution is 2.47. The van der Waals surface area contributed by atoms with Gasteiger partial charge in [0, 0.05) is 120 Å². The molecule has 6 aliphatic rings. The number of phenols is 1. The van der Waals surface area contributed by atoms with E-state index in [-0.39, 0.29) is 94.5 Å². The van der Waals surface area contributed by atoms with Crippen molar-refractivity contribution in [2.45, 2.75) is 76.0 Å². The Labute approximate surface area is 434 Å². The monoisotopic (exact) mass is 1030 g/mol. The number of ether oxygens (including phenoxy) is 3. The van der Waals surface area contributed by atoms with Crippen molar-refractivity contribution in [3.63, 3.8) is 0 Å². The topological polar surface area (TPSA) is 178 Å². The van der Waals surface area contributed by atoms with E-state index < -0.39 is 17.7 Å². The van der Waals surface area contributed by atoms with Crippen LogP contribution in [0.4, 0.5) is 25.1 Å². The molecule has 3 atom stereocenters. The summed E-state index contributed by atoms with van der Waals surface area (Å²) in [4.78, 5) is 62.8. The van der Waals surface area contributed by atoms with Crippen LogP contribution < -0.4 is 29.9 Å². The number of hydrogen-bond donors (Lipinski definition) is 3. The van der Waals surface area contributed by atoms with Gasteiger partial charge in [-0.25, -0.2) is 13.6 Å². The van der Waals surface area contributed by atoms with E-state index >= 15 is 8.78 Å². The molecule has 2 aromatic heterocycles. The van der Waals surface area contributed by atoms with Gasteiger partial charge in [0.15, 0.2) is 5.82 Å². The van der Waals surface area contributed by atoms with E-state index in [4.69, 9.17) is 25.6 Å². The highest BCUT2D eigenvalue weighted by Gasteiger charge is 2.40. The number of urea groups is 1. The van der Waals surface area contributed by atoms with Crippen LogP contribution in [0.1, 0.15) is 73.7 Å². The molecular weight excluding hydrogens is 963 g/mol. The Hall–Kier alpha value is -6.72. The Morgan fingerprint density at radius 1 is 0.920 bits per heavy atom. The fourth-order valence-electron chi connectivity index (χ4n) is 12.6. The van der Waals surface area contributed by atoms with Crippen molar-refractivity contribution in [1.82, 2.24) is 40.3 Å². The van der Waals surface area contributed by atoms with Crippen LogP contribution in [0.25, 0.3) is 32.9 Å². The number of anilines is 2. The van der Waals surface area contributed by atoms with Crippen molar-refractivity contribution >= 4 is 51.0 Å². The molecule has 3 unspecified atom stereocenters. The lowest BCUT2D eigenvalue weighted by Crippen LogP contribution is -2.51. The van der Waals surface area contributed by atoms with Crippen LogP contribution in [-0.2, 0) is 9.53 Å². The van der Waals surface area contributed by atoms with Crippen molar-refractivity contribution in [1.29, 1.82) is 0 Å². The maximum Gasteiger partial charge on any atom is 0.328 e. The summed E-state index contributed by atoms with van der Waals surface area (Å²) < 4.78 is 50.0. The smallest absolute Gasteiger partial charge is 0.328 e. The summed E-state index contributed by atoms with van der Waals surface area (Å²) in [6, 6.07) is 10.7. The third-order valence-electron chi connectivity index (χ3n) is 16.8. The minimum Gasteiger partial charge on any atom is -0.508 e. The zero-order chi connectivity index (χ0) is 52.0. The Balaban J connectivity index is 0.692. The Morgan fingerprint density at radius 3 is 2.37 bits per heavy atom. The second-order valence-electron chi connectivity index (χ2n) is 21.4. The van der Waals surface area contributed by atoms with E-state index in [0.29, 0.717) is 72.2 Å². The van der Waals surface area contributed by atoms with Crippen LogP contribution in [0.15, 0.2) is 48.7 Å². The molecule has 5 aliphatic heterocycles. The first-order chi connectivity index (χ1) is 36.4. The lowest BCUT2D eigenvalue weighted by Gasteiger charge is -2.47. The highest BCUT2D eigenvalue weighted by atomic mass is 19.1. The number of likely N-dealkylation sites (tertiary alicyclic amines) is 1. The number of hydrogen-bond acceptors (Lipinski definition) is 14. The van der Waals surface area contributed by atoms with Gasteiger partial charge in [0.2, 0.25) is 5.91 Å². The van der Waals surface area contributed by atoms with Crippen LogP contribution in [0.3, 0.4) is 0 Å². The number of carbonyl (C=O) groups excluding carboxylic acids is 3. The number of fused-ring (bicyclic) bond motifs is 4. The van der Waals surface area contributed by atoms with Crippen molar-refractivity contribution < 1.29 is 42.5 Å². The number of aromatic nitrogens is 3. The van der Waals surface area contributed by atoms with Gasteiger partial charge in [-0.2, -0.15) is 9.97 Å². The minimum atomic E-state index is -0.767. The molecule has 1 saturated carbocycles. The normalized spacial score (nSPS) is 21.9. The van der Waals surface area contributed by atoms with Crippen molar-refractivity contribution in [3.8, 4) is 41.1 Å². The predicted molar refractivity (Wildman–Crippen MR) is 279 cm³/mol. The van der Waals surface area contributed by atoms with Gasteiger partial charge in [-0.05, 0) is 104 Å². The number of piperidine rings is 1. The summed E-state index contributed by atoms with van der Waals surface area (Å²) >= 11 is 0. The highest BCUT2D eigenvalue weighted by molar-refractivity contribution is 6.07. The molecule has 3 N–H and O–H groups in total. The summed E-state index contributed by atoms with van der Waals surface area (Å²) in [5.74, 6) is 2.08. The van der Waals surface area contributed by atoms with Crippen LogP contribution in [0.5, 0.6) is 17.5 Å². The standard InChI is InChI=1S/C56H64F2N10O7/c1-4-41-44(57)9-5-35-25-39(69)27-42(48(35)41)50-49(58)51-43(28-59-50)52(67-30-37-7-8-38(31-67)60-37)63-54(62-51)75-33-40(73-2)32-65-23-21-64(22-24-65)29-34-11-14-56(15-12-34)16-19-66(20-17-56)53(71)36-6-10-46(74-3)45(26-36)68-18-13-47(70)61-55(68)72/h1,5-6,9-10,25-28,34,37-38,40,60,69H,7-8,11-24,29-33H2,2-3H3,(H,61,70,72). The number of pyridine rings is 1. The molecule has 394 valence electrons. The van der Waals surface area contributed by atoms with Crippen LogP contribution in [-0.4, -0.2) is 164 Å². The second kappa shape index (κ2) is 21.1. The summed E-state index contributed by atoms with van der Waals surface area (Å²) in [7, 11) is 3.18. The number of nitrogens with zero attached hydrogens (tertiary/aromatic N) is 8. The SMILES string of the molecule is C#Cc1c(F)ccc2cc(O)cc(-c3ncc4c(N5CC6CCC(C5)N6)nc(OCC(CN5CCN(CC6CCC7(CC6)CCN(C(=O)c6ccc(OC)c(N8CCC(=O)NC8=O)c6)CC7)CC5)OC)nc4c3F)c12. The van der Waals surface area contributed by atoms with Crippen molar-refractivity contribution in [2.24, 2.45) is 11.3 Å². The number of phenolic OH excluding ortho intramolecular Hbond substituents is 1. The molecule has 5 aromatic rings. The van der Waals surface area contributed by atoms with Gasteiger partial charge in [0.1, 0.15) is 47.1 Å². The largest absolute Gasteiger partial charge is 0.508 e. The molecule has 17 nitrogen and oxygen atoms in total. The molecule has 7 heterocycles. The van der Waals surface area contributed by atoms with Gasteiger partial charge < -0.3 is 39.3 Å². The maximum atomic E-state index is 17.1. The molecule has 11 rings (SSSR count). The second-order valence-corrected chi connectivity index (χ2v) is 21.4. The molecule has 0 radical (unpaired) electrons. The van der Waals surface area contributed by atoms with Crippen molar-refractivity contribution in [3.05, 3.63) is 71.4 Å². The van der Waals surface area contributed by atoms with Crippen LogP contribution in [0.2, 0.25) is 0 Å². The lowest BCUT2D eigenvalue weighted by molar-refractivity contribution is -0.120. The number of terminal acetylenes is 1. The van der Waals surface area contributed by atoms with Gasteiger partial charge in [-0.3, -0.25) is 29.7 Å². The van der Waals surface area contributed by atoms with E-state index in [1.54, 1.807) is 25.3 Å². The van der Waals surface area contributed by atoms with Gasteiger partial charge in [0.05, 0.1) is 23.7 Å². The number of rotatable bonds is 13. The average Bonchev–Trinajstić information content (AvgIpc) is 3.76. The summed E-state index contributed by atoms with van der Waals surface area (Å²) in [6.07, 6.45) is 15.9. The molecule has 19 heteroatoms. The maximum absolute atomic E-state index is 17.1. The number of imide groups is 1. The Morgan fingerprint density at radius 2 is 1.67 bits per heavy atom. The number of amides is 4. The number of aromatic hydroxyl groups is 1. The summed E-state index contributed by atoms with van der Waals surface area (Å²) in [5.41, 5.74) is 1.17. The number of halogens is 2. The molecule has 1 aliphatic carbocycles. The Bertz CT molecular complexity index is 3040. The quantitative estimate of drug-likeness (QED) is 0.112. The molecule has 5 saturated heterocycles. The lowest BCUT2D eigenvalue weighted by atomic mass is 9.65. The molecule has 6 fully saturated rings. The first kappa shape index (κ1) is 50.4. The van der Waals surface area contributed by atoms with Crippen molar-refractivity contribution in [2.75, 3.05) is 103 Å². The summed E-state index contributed by atoms with van der Waals surface area (Å²) in [5, 5.41) is 17.8. The van der Waals surface area contributed by atoms with Gasteiger partial charge in [-0.1, -0.05) is 12.0 Å². The van der Waals surface area contributed by atoms with Gasteiger partial charge in [-0.15, -0.1) is 6.42 Å². The average molecular weight is 1030 g/mol. The summed E-state index contributed by atoms with van der Waals surface area (Å²) in [6.45, 7) is 8.48. The number of nitrogens with one attached hydrogen (secondary N) is 2. The molecule has 75 heavy (non-hydrogen) atoms. The van der Waals surface area contributed by atoms with E-state index in [0.717, 1.165) is 71.2 Å². The van der Waals surface area contributed by atoms with E-state index in [1.807, 2.05) is 4.90 Å². The fraction of sp³-hybridized carbons (Fsp3) is 0.500. The number of benzene rings is 3. The molecule has 3 aromatic carbocycles. The fourth-order valence-corrected chi connectivity index (χ4v) is 12.6. The first-order valence-corrected chi connectivity index (χ1v) is 26.4. The van der Waals surface area contributed by atoms with E-state index in [1.165, 1.54) is 55.3 Å². The van der Waals surface area contributed by atoms with E-state index in [9.17, 15) is 19.5 Å². The number of piperazine rings is 2. The van der Waals surface area contributed by atoms with Crippen LogP contribution >= 0.6 is 0 Å². The first-order valence-electron chi connectivity index (χ1n) is 26.4. The van der Waals surface area contributed by atoms with Gasteiger partial charge >= 0.3 is 12.0 Å². The zero-order valence-electron chi connectivity index (χ0n) is 42.6. The van der Waals surface area contributed by atoms with E-state index in [2.05, 4.69) is 41.2 Å². The minimum absolute atomic E-state index is 0.00456. The molecule has 1 spiro atoms.